The molecule has 27 heavy (non-hydrogen) atoms. The SMILES string of the molecule is CC(C)(C)NC(=O)C1=C[C@@]2(C)C(CC[C@@H]3[C@H]2CC[C@]2(C)CCC[C@@H]32)NC1=O. The smallest absolute Gasteiger partial charge is 0.256 e. The minimum absolute atomic E-state index is 0.106. The van der Waals surface area contributed by atoms with E-state index in [4.69, 9.17) is 0 Å². The van der Waals surface area contributed by atoms with E-state index in [1.165, 1.54) is 38.5 Å². The Morgan fingerprint density at radius 3 is 2.56 bits per heavy atom. The molecule has 0 bridgehead atoms. The monoisotopic (exact) mass is 372 g/mol. The molecule has 0 radical (unpaired) electrons. The molecule has 4 aliphatic rings. The molecule has 0 aromatic rings. The van der Waals surface area contributed by atoms with Gasteiger partial charge in [-0.05, 0) is 82.5 Å². The predicted molar refractivity (Wildman–Crippen MR) is 107 cm³/mol. The van der Waals surface area contributed by atoms with E-state index in [2.05, 4.69) is 30.6 Å². The lowest BCUT2D eigenvalue weighted by atomic mass is 9.48. The fraction of sp³-hybridized carbons (Fsp3) is 0.826. The molecule has 1 aliphatic heterocycles. The normalized spacial score (nSPS) is 43.7. The van der Waals surface area contributed by atoms with Crippen LogP contribution >= 0.6 is 0 Å². The van der Waals surface area contributed by atoms with Crippen molar-refractivity contribution in [3.8, 4) is 0 Å². The van der Waals surface area contributed by atoms with Gasteiger partial charge < -0.3 is 10.6 Å². The molecule has 0 spiro atoms. The van der Waals surface area contributed by atoms with Crippen LogP contribution in [-0.4, -0.2) is 23.4 Å². The van der Waals surface area contributed by atoms with Crippen LogP contribution in [0.1, 0.15) is 79.6 Å². The van der Waals surface area contributed by atoms with Crippen LogP contribution in [0.5, 0.6) is 0 Å². The Labute approximate surface area is 163 Å². The summed E-state index contributed by atoms with van der Waals surface area (Å²) in [5.41, 5.74) is 0.398. The highest BCUT2D eigenvalue weighted by Crippen LogP contribution is 2.63. The van der Waals surface area contributed by atoms with Gasteiger partial charge in [0.1, 0.15) is 5.57 Å². The van der Waals surface area contributed by atoms with E-state index in [9.17, 15) is 9.59 Å². The van der Waals surface area contributed by atoms with Crippen molar-refractivity contribution < 1.29 is 9.59 Å². The Morgan fingerprint density at radius 2 is 1.85 bits per heavy atom. The summed E-state index contributed by atoms with van der Waals surface area (Å²) in [5, 5.41) is 6.19. The molecule has 3 saturated carbocycles. The quantitative estimate of drug-likeness (QED) is 0.685. The maximum Gasteiger partial charge on any atom is 0.256 e. The summed E-state index contributed by atoms with van der Waals surface area (Å²) >= 11 is 0. The molecule has 150 valence electrons. The van der Waals surface area contributed by atoms with Crippen molar-refractivity contribution >= 4 is 11.8 Å². The van der Waals surface area contributed by atoms with Crippen LogP contribution in [-0.2, 0) is 9.59 Å². The van der Waals surface area contributed by atoms with Crippen molar-refractivity contribution in [1.82, 2.24) is 10.6 Å². The Morgan fingerprint density at radius 1 is 1.11 bits per heavy atom. The highest BCUT2D eigenvalue weighted by molar-refractivity contribution is 6.19. The molecule has 3 fully saturated rings. The molecule has 4 heteroatoms. The fourth-order valence-corrected chi connectivity index (χ4v) is 7.01. The molecule has 1 heterocycles. The van der Waals surface area contributed by atoms with Gasteiger partial charge in [0.15, 0.2) is 0 Å². The van der Waals surface area contributed by atoms with Crippen LogP contribution in [0, 0.1) is 28.6 Å². The fourth-order valence-electron chi connectivity index (χ4n) is 7.01. The van der Waals surface area contributed by atoms with Crippen molar-refractivity contribution in [2.45, 2.75) is 91.1 Å². The standard InChI is InChI=1S/C23H36N2O2/c1-21(2,3)25-20(27)15-13-23(5)17-10-12-22(4)11-6-7-16(22)14(17)8-9-18(23)24-19(15)26/h13-14,16-18H,6-12H2,1-5H3,(H,24,26)(H,25,27)/t14-,16-,17+,18?,22-,23+/m0/s1. The van der Waals surface area contributed by atoms with Gasteiger partial charge in [0, 0.05) is 17.0 Å². The Kier molecular flexibility index (Phi) is 4.29. The molecule has 2 N–H and O–H groups in total. The van der Waals surface area contributed by atoms with E-state index in [0.29, 0.717) is 16.9 Å². The highest BCUT2D eigenvalue weighted by atomic mass is 16.2. The number of fused-ring (bicyclic) bond motifs is 5. The Bertz CT molecular complexity index is 691. The van der Waals surface area contributed by atoms with Crippen molar-refractivity contribution in [2.75, 3.05) is 0 Å². The number of carbonyl (C=O) groups is 2. The van der Waals surface area contributed by atoms with Crippen LogP contribution in [0.3, 0.4) is 0 Å². The van der Waals surface area contributed by atoms with Gasteiger partial charge in [0.2, 0.25) is 0 Å². The zero-order valence-corrected chi connectivity index (χ0v) is 17.7. The number of hydrogen-bond donors (Lipinski definition) is 2. The van der Waals surface area contributed by atoms with Crippen LogP contribution in [0.4, 0.5) is 0 Å². The third-order valence-corrected chi connectivity index (χ3v) is 8.30. The van der Waals surface area contributed by atoms with E-state index < -0.39 is 0 Å². The van der Waals surface area contributed by atoms with Gasteiger partial charge in [0.25, 0.3) is 11.8 Å². The molecule has 0 saturated heterocycles. The van der Waals surface area contributed by atoms with E-state index in [0.717, 1.165) is 18.3 Å². The molecule has 4 rings (SSSR count). The van der Waals surface area contributed by atoms with Crippen molar-refractivity contribution in [2.24, 2.45) is 28.6 Å². The lowest BCUT2D eigenvalue weighted by Crippen LogP contribution is -2.61. The van der Waals surface area contributed by atoms with Crippen molar-refractivity contribution in [3.63, 3.8) is 0 Å². The van der Waals surface area contributed by atoms with E-state index in [1.54, 1.807) is 0 Å². The van der Waals surface area contributed by atoms with Crippen LogP contribution < -0.4 is 10.6 Å². The zero-order valence-electron chi connectivity index (χ0n) is 17.7. The molecule has 6 atom stereocenters. The van der Waals surface area contributed by atoms with Crippen molar-refractivity contribution in [1.29, 1.82) is 0 Å². The first kappa shape index (κ1) is 19.0. The second-order valence-corrected chi connectivity index (χ2v) is 11.2. The third kappa shape index (κ3) is 3.03. The molecule has 1 unspecified atom stereocenters. The Hall–Kier alpha value is -1.32. The molecule has 4 nitrogen and oxygen atoms in total. The molecule has 0 aromatic carbocycles. The highest BCUT2D eigenvalue weighted by Gasteiger charge is 2.58. The van der Waals surface area contributed by atoms with E-state index in [1.807, 2.05) is 20.8 Å². The van der Waals surface area contributed by atoms with Gasteiger partial charge >= 0.3 is 0 Å². The van der Waals surface area contributed by atoms with Gasteiger partial charge in [0.05, 0.1) is 0 Å². The maximum atomic E-state index is 12.8. The number of carbonyl (C=O) groups excluding carboxylic acids is 2. The molecular weight excluding hydrogens is 336 g/mol. The van der Waals surface area contributed by atoms with E-state index in [-0.39, 0.29) is 28.8 Å². The van der Waals surface area contributed by atoms with E-state index >= 15 is 0 Å². The van der Waals surface area contributed by atoms with Gasteiger partial charge in [-0.1, -0.05) is 26.3 Å². The first-order valence-corrected chi connectivity index (χ1v) is 10.9. The van der Waals surface area contributed by atoms with Crippen LogP contribution in [0.2, 0.25) is 0 Å². The lowest BCUT2D eigenvalue weighted by molar-refractivity contribution is -0.128. The number of nitrogens with one attached hydrogen (secondary N) is 2. The van der Waals surface area contributed by atoms with Gasteiger partial charge in [-0.25, -0.2) is 0 Å². The first-order valence-electron chi connectivity index (χ1n) is 10.9. The van der Waals surface area contributed by atoms with Crippen LogP contribution in [0.15, 0.2) is 11.6 Å². The summed E-state index contributed by atoms with van der Waals surface area (Å²) in [5.74, 6) is 1.71. The molecule has 2 amide bonds. The predicted octanol–water partition coefficient (Wildman–Crippen LogP) is 3.96. The minimum Gasteiger partial charge on any atom is -0.348 e. The topological polar surface area (TPSA) is 58.2 Å². The second-order valence-electron chi connectivity index (χ2n) is 11.2. The second kappa shape index (κ2) is 6.09. The number of hydrogen-bond acceptors (Lipinski definition) is 2. The largest absolute Gasteiger partial charge is 0.348 e. The summed E-state index contributed by atoms with van der Waals surface area (Å²) in [4.78, 5) is 25.5. The summed E-state index contributed by atoms with van der Waals surface area (Å²) in [6.07, 6.45) is 11.0. The van der Waals surface area contributed by atoms with Crippen molar-refractivity contribution in [3.05, 3.63) is 11.6 Å². The van der Waals surface area contributed by atoms with Gasteiger partial charge in [-0.3, -0.25) is 9.59 Å². The Balaban J connectivity index is 1.66. The minimum atomic E-state index is -0.346. The first-order chi connectivity index (χ1) is 12.5. The lowest BCUT2D eigenvalue weighted by Gasteiger charge is -2.58. The summed E-state index contributed by atoms with van der Waals surface area (Å²) < 4.78 is 0. The van der Waals surface area contributed by atoms with Crippen LogP contribution in [0.25, 0.3) is 0 Å². The summed E-state index contributed by atoms with van der Waals surface area (Å²) in [6.45, 7) is 10.7. The number of rotatable bonds is 1. The average molecular weight is 373 g/mol. The van der Waals surface area contributed by atoms with Gasteiger partial charge in [-0.15, -0.1) is 0 Å². The molecular formula is C23H36N2O2. The summed E-state index contributed by atoms with van der Waals surface area (Å²) in [7, 11) is 0. The number of amides is 2. The zero-order chi connectivity index (χ0) is 19.6. The molecule has 0 aromatic heterocycles. The summed E-state index contributed by atoms with van der Waals surface area (Å²) in [6, 6.07) is 0.170. The van der Waals surface area contributed by atoms with Gasteiger partial charge in [-0.2, -0.15) is 0 Å². The third-order valence-electron chi connectivity index (χ3n) is 8.30. The maximum absolute atomic E-state index is 12.8. The molecule has 3 aliphatic carbocycles. The average Bonchev–Trinajstić information content (AvgIpc) is 2.95.